The van der Waals surface area contributed by atoms with Crippen LogP contribution in [0.2, 0.25) is 0 Å². The predicted octanol–water partition coefficient (Wildman–Crippen LogP) is 3.85. The van der Waals surface area contributed by atoms with Gasteiger partial charge in [0.05, 0.1) is 17.5 Å². The molecular formula is C17H16FN3O2S. The number of nitrogens with zero attached hydrogens (tertiary/aromatic N) is 2. The normalized spacial score (nSPS) is 11.8. The minimum Gasteiger partial charge on any atom is -0.324 e. The molecule has 5 nitrogen and oxygen atoms in total. The first-order valence-electron chi connectivity index (χ1n) is 7.29. The molecular weight excluding hydrogens is 329 g/mol. The molecule has 1 amide bonds. The average Bonchev–Trinajstić information content (AvgIpc) is 2.99. The van der Waals surface area contributed by atoms with Crippen molar-refractivity contribution in [3.8, 4) is 6.07 Å². The highest BCUT2D eigenvalue weighted by atomic mass is 32.1. The molecule has 1 aromatic heterocycles. The lowest BCUT2D eigenvalue weighted by atomic mass is 9.98. The Bertz CT molecular complexity index is 823. The standard InChI is InChI=1S/C17H16FN3O2S/c1-9(2)15-8-24-17(21-15)12(7-19)16(23)11-4-5-13(18)14(6-11)20-10(3)22/h4-6,8-9,12H,1-3H3,(H,20,22)/t12-/m0/s1. The number of amides is 1. The number of nitriles is 1. The molecule has 1 N–H and O–H groups in total. The Hall–Kier alpha value is -2.59. The molecule has 0 aliphatic carbocycles. The molecule has 0 saturated heterocycles. The van der Waals surface area contributed by atoms with Crippen LogP contribution in [0.4, 0.5) is 10.1 Å². The topological polar surface area (TPSA) is 82.9 Å². The summed E-state index contributed by atoms with van der Waals surface area (Å²) in [6.45, 7) is 5.19. The van der Waals surface area contributed by atoms with E-state index in [1.807, 2.05) is 25.3 Å². The monoisotopic (exact) mass is 345 g/mol. The second-order valence-electron chi connectivity index (χ2n) is 5.57. The first-order valence-corrected chi connectivity index (χ1v) is 8.17. The van der Waals surface area contributed by atoms with Crippen molar-refractivity contribution < 1.29 is 14.0 Å². The number of hydrogen-bond acceptors (Lipinski definition) is 5. The number of aromatic nitrogens is 1. The number of ketones is 1. The summed E-state index contributed by atoms with van der Waals surface area (Å²) in [4.78, 5) is 28.1. The summed E-state index contributed by atoms with van der Waals surface area (Å²) in [7, 11) is 0. The smallest absolute Gasteiger partial charge is 0.221 e. The molecule has 0 bridgehead atoms. The molecule has 0 aliphatic heterocycles. The molecule has 0 unspecified atom stereocenters. The molecule has 0 spiro atoms. The fourth-order valence-electron chi connectivity index (χ4n) is 2.06. The molecule has 24 heavy (non-hydrogen) atoms. The molecule has 2 rings (SSSR count). The van der Waals surface area contributed by atoms with Crippen LogP contribution in [-0.4, -0.2) is 16.7 Å². The van der Waals surface area contributed by atoms with E-state index >= 15 is 0 Å². The number of nitrogens with one attached hydrogen (secondary N) is 1. The fraction of sp³-hybridized carbons (Fsp3) is 0.294. The second-order valence-corrected chi connectivity index (χ2v) is 6.46. The molecule has 1 heterocycles. The quantitative estimate of drug-likeness (QED) is 0.834. The van der Waals surface area contributed by atoms with E-state index in [9.17, 15) is 19.2 Å². The minimum atomic E-state index is -1.06. The van der Waals surface area contributed by atoms with Crippen LogP contribution in [0.25, 0.3) is 0 Å². The maximum atomic E-state index is 13.7. The van der Waals surface area contributed by atoms with Gasteiger partial charge in [0.2, 0.25) is 5.91 Å². The number of benzene rings is 1. The van der Waals surface area contributed by atoms with E-state index < -0.39 is 23.4 Å². The van der Waals surface area contributed by atoms with E-state index in [4.69, 9.17) is 0 Å². The Morgan fingerprint density at radius 3 is 2.62 bits per heavy atom. The zero-order valence-electron chi connectivity index (χ0n) is 13.5. The third-order valence-corrected chi connectivity index (χ3v) is 4.26. The van der Waals surface area contributed by atoms with Crippen molar-refractivity contribution in [3.05, 3.63) is 45.7 Å². The number of rotatable bonds is 5. The van der Waals surface area contributed by atoms with Crippen molar-refractivity contribution in [2.75, 3.05) is 5.32 Å². The number of Topliss-reactive ketones (excluding diaryl/α,β-unsaturated/α-hetero) is 1. The van der Waals surface area contributed by atoms with Gasteiger partial charge in [0.1, 0.15) is 10.8 Å². The van der Waals surface area contributed by atoms with E-state index in [1.165, 1.54) is 30.4 Å². The van der Waals surface area contributed by atoms with E-state index in [-0.39, 0.29) is 17.2 Å². The number of halogens is 1. The van der Waals surface area contributed by atoms with Gasteiger partial charge in [-0.15, -0.1) is 11.3 Å². The summed E-state index contributed by atoms with van der Waals surface area (Å²) < 4.78 is 13.7. The number of carbonyl (C=O) groups is 2. The molecule has 0 radical (unpaired) electrons. The van der Waals surface area contributed by atoms with Crippen LogP contribution < -0.4 is 5.32 Å². The Kier molecular flexibility index (Phi) is 5.42. The zero-order chi connectivity index (χ0) is 17.9. The summed E-state index contributed by atoms with van der Waals surface area (Å²) in [5.41, 5.74) is 0.876. The molecule has 0 fully saturated rings. The average molecular weight is 345 g/mol. The number of hydrogen-bond donors (Lipinski definition) is 1. The minimum absolute atomic E-state index is 0.0907. The van der Waals surface area contributed by atoms with Crippen molar-refractivity contribution >= 4 is 28.7 Å². The molecule has 124 valence electrons. The first kappa shape index (κ1) is 17.8. The van der Waals surface area contributed by atoms with E-state index in [0.29, 0.717) is 5.01 Å². The molecule has 1 atom stereocenters. The fourth-order valence-corrected chi connectivity index (χ4v) is 3.08. The van der Waals surface area contributed by atoms with Crippen LogP contribution in [0.3, 0.4) is 0 Å². The Balaban J connectivity index is 2.34. The summed E-state index contributed by atoms with van der Waals surface area (Å²) in [6.07, 6.45) is 0. The van der Waals surface area contributed by atoms with Gasteiger partial charge in [0, 0.05) is 17.9 Å². The van der Waals surface area contributed by atoms with Crippen LogP contribution in [0.1, 0.15) is 53.7 Å². The van der Waals surface area contributed by atoms with Crippen molar-refractivity contribution in [1.82, 2.24) is 4.98 Å². The van der Waals surface area contributed by atoms with Crippen LogP contribution in [0.15, 0.2) is 23.6 Å². The summed E-state index contributed by atoms with van der Waals surface area (Å²) in [5, 5.41) is 13.9. The van der Waals surface area contributed by atoms with E-state index in [2.05, 4.69) is 10.3 Å². The highest BCUT2D eigenvalue weighted by Gasteiger charge is 2.26. The number of thiazole rings is 1. The van der Waals surface area contributed by atoms with E-state index in [0.717, 1.165) is 11.8 Å². The Labute approximate surface area is 143 Å². The molecule has 1 aromatic carbocycles. The SMILES string of the molecule is CC(=O)Nc1cc(C(=O)[C@H](C#N)c2nc(C(C)C)cs2)ccc1F. The highest BCUT2D eigenvalue weighted by Crippen LogP contribution is 2.28. The third kappa shape index (κ3) is 3.84. The van der Waals surface area contributed by atoms with E-state index in [1.54, 1.807) is 0 Å². The molecule has 0 saturated carbocycles. The van der Waals surface area contributed by atoms with Gasteiger partial charge in [-0.1, -0.05) is 13.8 Å². The van der Waals surface area contributed by atoms with Crippen LogP contribution in [-0.2, 0) is 4.79 Å². The van der Waals surface area contributed by atoms with Gasteiger partial charge in [-0.3, -0.25) is 9.59 Å². The zero-order valence-corrected chi connectivity index (χ0v) is 14.3. The Morgan fingerprint density at radius 1 is 1.38 bits per heavy atom. The third-order valence-electron chi connectivity index (χ3n) is 3.33. The van der Waals surface area contributed by atoms with Crippen LogP contribution in [0, 0.1) is 17.1 Å². The Morgan fingerprint density at radius 2 is 2.08 bits per heavy atom. The maximum absolute atomic E-state index is 13.7. The maximum Gasteiger partial charge on any atom is 0.221 e. The lowest BCUT2D eigenvalue weighted by molar-refractivity contribution is -0.114. The van der Waals surface area contributed by atoms with Crippen LogP contribution >= 0.6 is 11.3 Å². The summed E-state index contributed by atoms with van der Waals surface area (Å²) in [5.74, 6) is -2.43. The van der Waals surface area contributed by atoms with Gasteiger partial charge in [0.15, 0.2) is 11.7 Å². The molecule has 2 aromatic rings. The van der Waals surface area contributed by atoms with Crippen molar-refractivity contribution in [2.24, 2.45) is 0 Å². The number of anilines is 1. The van der Waals surface area contributed by atoms with Gasteiger partial charge in [-0.2, -0.15) is 5.26 Å². The lowest BCUT2D eigenvalue weighted by Crippen LogP contribution is -2.13. The largest absolute Gasteiger partial charge is 0.324 e. The van der Waals surface area contributed by atoms with Crippen molar-refractivity contribution in [3.63, 3.8) is 0 Å². The first-order chi connectivity index (χ1) is 11.3. The number of carbonyl (C=O) groups excluding carboxylic acids is 2. The van der Waals surface area contributed by atoms with Gasteiger partial charge in [-0.25, -0.2) is 9.37 Å². The van der Waals surface area contributed by atoms with Crippen molar-refractivity contribution in [1.29, 1.82) is 5.26 Å². The summed E-state index contributed by atoms with van der Waals surface area (Å²) in [6, 6.07) is 5.58. The molecule has 0 aliphatic rings. The molecule has 7 heteroatoms. The van der Waals surface area contributed by atoms with Gasteiger partial charge < -0.3 is 5.32 Å². The van der Waals surface area contributed by atoms with Gasteiger partial charge in [0.25, 0.3) is 0 Å². The van der Waals surface area contributed by atoms with Gasteiger partial charge >= 0.3 is 0 Å². The van der Waals surface area contributed by atoms with Crippen molar-refractivity contribution in [2.45, 2.75) is 32.6 Å². The summed E-state index contributed by atoms with van der Waals surface area (Å²) >= 11 is 1.25. The van der Waals surface area contributed by atoms with Gasteiger partial charge in [-0.05, 0) is 24.1 Å². The highest BCUT2D eigenvalue weighted by molar-refractivity contribution is 7.10. The second kappa shape index (κ2) is 7.32. The lowest BCUT2D eigenvalue weighted by Gasteiger charge is -2.09. The van der Waals surface area contributed by atoms with Crippen LogP contribution in [0.5, 0.6) is 0 Å². The predicted molar refractivity (Wildman–Crippen MR) is 89.6 cm³/mol.